The predicted octanol–water partition coefficient (Wildman–Crippen LogP) is 2.39. The summed E-state index contributed by atoms with van der Waals surface area (Å²) in [5.74, 6) is 3.29. The van der Waals surface area contributed by atoms with Crippen LogP contribution in [0.1, 0.15) is 0 Å². The maximum atomic E-state index is 5.45. The third-order valence-corrected chi connectivity index (χ3v) is 5.11. The van der Waals surface area contributed by atoms with Gasteiger partial charge in [-0.15, -0.1) is 24.0 Å². The van der Waals surface area contributed by atoms with Gasteiger partial charge in [-0.25, -0.2) is 4.99 Å². The number of guanidine groups is 1. The fourth-order valence-electron chi connectivity index (χ4n) is 2.68. The maximum absolute atomic E-state index is 5.45. The van der Waals surface area contributed by atoms with Crippen molar-refractivity contribution in [1.29, 1.82) is 0 Å². The molecule has 1 aromatic carbocycles. The molecular weight excluding hydrogens is 455 g/mol. The number of ether oxygens (including phenoxy) is 3. The van der Waals surface area contributed by atoms with Crippen LogP contribution in [0.25, 0.3) is 0 Å². The normalized spacial score (nSPS) is 21.6. The van der Waals surface area contributed by atoms with Gasteiger partial charge in [-0.1, -0.05) is 11.8 Å². The van der Waals surface area contributed by atoms with Gasteiger partial charge in [-0.3, -0.25) is 0 Å². The molecule has 0 N–H and O–H groups in total. The molecule has 0 atom stereocenters. The molecular formula is C16H21IN4O3S. The Morgan fingerprint density at radius 1 is 1.12 bits per heavy atom. The molecule has 0 amide bonds. The van der Waals surface area contributed by atoms with Crippen molar-refractivity contribution in [3.8, 4) is 11.5 Å². The van der Waals surface area contributed by atoms with Crippen LogP contribution in [-0.4, -0.2) is 73.4 Å². The van der Waals surface area contributed by atoms with E-state index in [0.29, 0.717) is 13.2 Å². The molecule has 25 heavy (non-hydrogen) atoms. The molecule has 1 aromatic rings. The van der Waals surface area contributed by atoms with E-state index in [-0.39, 0.29) is 30.8 Å². The number of fused-ring (bicyclic) bond motifs is 1. The minimum absolute atomic E-state index is 0. The van der Waals surface area contributed by atoms with E-state index in [1.54, 1.807) is 11.8 Å². The van der Waals surface area contributed by atoms with Crippen LogP contribution in [0.5, 0.6) is 11.5 Å². The summed E-state index contributed by atoms with van der Waals surface area (Å²) in [6, 6.07) is 5.72. The van der Waals surface area contributed by atoms with E-state index in [2.05, 4.69) is 16.8 Å². The number of amidine groups is 1. The number of nitrogens with zero attached hydrogens (tertiary/aromatic N) is 4. The first kappa shape index (κ1) is 18.6. The first-order valence-corrected chi connectivity index (χ1v) is 9.02. The average molecular weight is 476 g/mol. The van der Waals surface area contributed by atoms with Crippen LogP contribution >= 0.6 is 35.7 Å². The molecule has 7 nitrogen and oxygen atoms in total. The standard InChI is InChI=1S/C16H20N4O3S.HI/c1-19-6-9-24-16(19)18-15(20-4-7-21-8-5-20)17-12-2-3-13-14(10-12)23-11-22-13;/h2-3,10H,4-9,11H2,1H3;1H/b17-15-,18-16+;. The zero-order valence-electron chi connectivity index (χ0n) is 14.0. The molecule has 0 spiro atoms. The van der Waals surface area contributed by atoms with Crippen LogP contribution in [0.3, 0.4) is 0 Å². The van der Waals surface area contributed by atoms with E-state index >= 15 is 0 Å². The summed E-state index contributed by atoms with van der Waals surface area (Å²) in [5, 5.41) is 1.01. The molecule has 136 valence electrons. The van der Waals surface area contributed by atoms with Gasteiger partial charge in [-0.2, -0.15) is 4.99 Å². The summed E-state index contributed by atoms with van der Waals surface area (Å²) >= 11 is 1.77. The summed E-state index contributed by atoms with van der Waals surface area (Å²) in [6.07, 6.45) is 0. The van der Waals surface area contributed by atoms with Gasteiger partial charge in [0.1, 0.15) is 0 Å². The van der Waals surface area contributed by atoms with Crippen molar-refractivity contribution in [2.45, 2.75) is 0 Å². The topological polar surface area (TPSA) is 58.9 Å². The number of hydrogen-bond acceptors (Lipinski definition) is 5. The Morgan fingerprint density at radius 3 is 2.68 bits per heavy atom. The Kier molecular flexibility index (Phi) is 6.29. The van der Waals surface area contributed by atoms with Crippen molar-refractivity contribution >= 4 is 52.6 Å². The third kappa shape index (κ3) is 4.32. The van der Waals surface area contributed by atoms with Crippen LogP contribution in [0.15, 0.2) is 28.2 Å². The number of thioether (sulfide) groups is 1. The zero-order chi connectivity index (χ0) is 16.4. The van der Waals surface area contributed by atoms with Crippen molar-refractivity contribution in [3.63, 3.8) is 0 Å². The monoisotopic (exact) mass is 476 g/mol. The molecule has 2 fully saturated rings. The number of aliphatic imine (C=N–C) groups is 2. The van der Waals surface area contributed by atoms with Crippen molar-refractivity contribution < 1.29 is 14.2 Å². The quantitative estimate of drug-likeness (QED) is 0.353. The van der Waals surface area contributed by atoms with Gasteiger partial charge in [-0.05, 0) is 12.1 Å². The maximum Gasteiger partial charge on any atom is 0.231 e. The van der Waals surface area contributed by atoms with Crippen molar-refractivity contribution in [2.75, 3.05) is 52.4 Å². The Labute approximate surface area is 168 Å². The SMILES string of the molecule is CN1CCS/C1=N/C(=N/c1ccc2c(c1)OCO2)N1CCOCC1.I. The Hall–Kier alpha value is -1.20. The Balaban J connectivity index is 0.00000182. The lowest BCUT2D eigenvalue weighted by Crippen LogP contribution is -2.40. The van der Waals surface area contributed by atoms with Crippen molar-refractivity contribution in [3.05, 3.63) is 18.2 Å². The average Bonchev–Trinajstić information content (AvgIpc) is 3.24. The highest BCUT2D eigenvalue weighted by molar-refractivity contribution is 14.0. The molecule has 0 aromatic heterocycles. The van der Waals surface area contributed by atoms with E-state index in [0.717, 1.165) is 53.7 Å². The number of halogens is 1. The Morgan fingerprint density at radius 2 is 1.92 bits per heavy atom. The van der Waals surface area contributed by atoms with Gasteiger partial charge in [0, 0.05) is 38.5 Å². The minimum atomic E-state index is 0. The summed E-state index contributed by atoms with van der Waals surface area (Å²) in [7, 11) is 2.07. The van der Waals surface area contributed by atoms with E-state index in [1.807, 2.05) is 18.2 Å². The van der Waals surface area contributed by atoms with Gasteiger partial charge in [0.05, 0.1) is 18.9 Å². The lowest BCUT2D eigenvalue weighted by Gasteiger charge is -2.28. The van der Waals surface area contributed by atoms with E-state index in [9.17, 15) is 0 Å². The summed E-state index contributed by atoms with van der Waals surface area (Å²) in [6.45, 7) is 4.29. The van der Waals surface area contributed by atoms with E-state index < -0.39 is 0 Å². The van der Waals surface area contributed by atoms with E-state index in [1.165, 1.54) is 0 Å². The predicted molar refractivity (Wildman–Crippen MR) is 110 cm³/mol. The summed E-state index contributed by atoms with van der Waals surface area (Å²) < 4.78 is 16.3. The second-order valence-corrected chi connectivity index (χ2v) is 6.78. The highest BCUT2D eigenvalue weighted by atomic mass is 127. The number of benzene rings is 1. The molecule has 0 bridgehead atoms. The van der Waals surface area contributed by atoms with Gasteiger partial charge >= 0.3 is 0 Å². The molecule has 4 rings (SSSR count). The molecule has 0 unspecified atom stereocenters. The summed E-state index contributed by atoms with van der Waals surface area (Å²) in [5.41, 5.74) is 0.816. The van der Waals surface area contributed by atoms with Crippen LogP contribution in [0.4, 0.5) is 5.69 Å². The fourth-order valence-corrected chi connectivity index (χ4v) is 3.69. The minimum Gasteiger partial charge on any atom is -0.454 e. The first-order valence-electron chi connectivity index (χ1n) is 8.03. The smallest absolute Gasteiger partial charge is 0.231 e. The number of rotatable bonds is 1. The van der Waals surface area contributed by atoms with Gasteiger partial charge in [0.15, 0.2) is 16.7 Å². The molecule has 0 radical (unpaired) electrons. The largest absolute Gasteiger partial charge is 0.454 e. The summed E-state index contributed by atoms with van der Waals surface area (Å²) in [4.78, 5) is 13.9. The molecule has 0 aliphatic carbocycles. The molecule has 0 saturated carbocycles. The van der Waals surface area contributed by atoms with Gasteiger partial charge in [0.2, 0.25) is 12.8 Å². The fraction of sp³-hybridized carbons (Fsp3) is 0.500. The molecule has 2 saturated heterocycles. The van der Waals surface area contributed by atoms with E-state index in [4.69, 9.17) is 24.2 Å². The van der Waals surface area contributed by atoms with Crippen LogP contribution in [-0.2, 0) is 4.74 Å². The highest BCUT2D eigenvalue weighted by Crippen LogP contribution is 2.35. The van der Waals surface area contributed by atoms with Crippen LogP contribution < -0.4 is 9.47 Å². The van der Waals surface area contributed by atoms with Crippen molar-refractivity contribution in [2.24, 2.45) is 9.98 Å². The lowest BCUT2D eigenvalue weighted by atomic mass is 10.3. The third-order valence-electron chi connectivity index (χ3n) is 4.06. The zero-order valence-corrected chi connectivity index (χ0v) is 17.2. The number of morpholine rings is 1. The van der Waals surface area contributed by atoms with Crippen molar-refractivity contribution in [1.82, 2.24) is 9.80 Å². The molecule has 3 aliphatic rings. The second-order valence-electron chi connectivity index (χ2n) is 5.71. The lowest BCUT2D eigenvalue weighted by molar-refractivity contribution is 0.0676. The van der Waals surface area contributed by atoms with Crippen LogP contribution in [0.2, 0.25) is 0 Å². The number of hydrogen-bond donors (Lipinski definition) is 0. The molecule has 3 heterocycles. The molecule has 3 aliphatic heterocycles. The van der Waals surface area contributed by atoms with Crippen LogP contribution in [0, 0.1) is 0 Å². The second kappa shape index (κ2) is 8.45. The highest BCUT2D eigenvalue weighted by Gasteiger charge is 2.21. The van der Waals surface area contributed by atoms with Gasteiger partial charge in [0.25, 0.3) is 0 Å². The Bertz CT molecular complexity index is 679. The first-order chi connectivity index (χ1) is 11.8. The van der Waals surface area contributed by atoms with Gasteiger partial charge < -0.3 is 24.0 Å². The molecule has 9 heteroatoms.